The molecule has 0 spiro atoms. The summed E-state index contributed by atoms with van der Waals surface area (Å²) in [5, 5.41) is 2.27. The fourth-order valence-corrected chi connectivity index (χ4v) is 5.53. The number of hydrogen-bond acceptors (Lipinski definition) is 3. The molecular formula is C26H26Cl2N2S. The Morgan fingerprint density at radius 3 is 1.52 bits per heavy atom. The van der Waals surface area contributed by atoms with Gasteiger partial charge in [-0.15, -0.1) is 23.2 Å². The fourth-order valence-electron chi connectivity index (χ4n) is 3.60. The third-order valence-electron chi connectivity index (χ3n) is 5.70. The molecule has 160 valence electrons. The molecule has 2 aromatic carbocycles. The van der Waals surface area contributed by atoms with Gasteiger partial charge in [0, 0.05) is 10.8 Å². The molecule has 0 saturated heterocycles. The zero-order chi connectivity index (χ0) is 21.9. The van der Waals surface area contributed by atoms with Crippen LogP contribution in [0.2, 0.25) is 0 Å². The van der Waals surface area contributed by atoms with E-state index in [9.17, 15) is 0 Å². The second-order valence-corrected chi connectivity index (χ2v) is 11.2. The van der Waals surface area contributed by atoms with Crippen molar-refractivity contribution >= 4 is 56.8 Å². The topological polar surface area (TPSA) is 25.8 Å². The van der Waals surface area contributed by atoms with Crippen LogP contribution in [-0.4, -0.2) is 21.5 Å². The van der Waals surface area contributed by atoms with Gasteiger partial charge in [0.05, 0.1) is 32.2 Å². The smallest absolute Gasteiger partial charge is 0.0845 e. The van der Waals surface area contributed by atoms with E-state index in [0.29, 0.717) is 0 Å². The van der Waals surface area contributed by atoms with Gasteiger partial charge in [-0.3, -0.25) is 9.97 Å². The maximum Gasteiger partial charge on any atom is 0.0845 e. The lowest BCUT2D eigenvalue weighted by molar-refractivity contribution is 0.629. The summed E-state index contributed by atoms with van der Waals surface area (Å²) in [5.74, 6) is 1.90. The lowest BCUT2D eigenvalue weighted by Crippen LogP contribution is -2.18. The normalized spacial score (nSPS) is 15.6. The van der Waals surface area contributed by atoms with Gasteiger partial charge in [0.15, 0.2) is 0 Å². The molecule has 0 fully saturated rings. The number of aromatic nitrogens is 2. The van der Waals surface area contributed by atoms with Gasteiger partial charge in [-0.1, -0.05) is 48.5 Å². The first-order valence-electron chi connectivity index (χ1n) is 10.5. The highest BCUT2D eigenvalue weighted by Gasteiger charge is 2.27. The molecular weight excluding hydrogens is 443 g/mol. The highest BCUT2D eigenvalue weighted by Crippen LogP contribution is 2.36. The molecule has 2 unspecified atom stereocenters. The zero-order valence-corrected chi connectivity index (χ0v) is 20.1. The highest BCUT2D eigenvalue weighted by atomic mass is 35.5. The quantitative estimate of drug-likeness (QED) is 0.194. The van der Waals surface area contributed by atoms with Crippen molar-refractivity contribution in [3.63, 3.8) is 0 Å². The Balaban J connectivity index is 1.31. The molecule has 0 amide bonds. The second-order valence-electron chi connectivity index (χ2n) is 8.29. The van der Waals surface area contributed by atoms with E-state index in [4.69, 9.17) is 33.2 Å². The molecule has 0 aliphatic carbocycles. The second kappa shape index (κ2) is 9.36. The van der Waals surface area contributed by atoms with Crippen molar-refractivity contribution in [3.8, 4) is 0 Å². The Morgan fingerprint density at radius 1 is 0.645 bits per heavy atom. The van der Waals surface area contributed by atoms with E-state index in [2.05, 4.69) is 38.1 Å². The van der Waals surface area contributed by atoms with Crippen molar-refractivity contribution in [2.45, 2.75) is 36.4 Å². The Bertz CT molecular complexity index is 1100. The fraction of sp³-hybridized carbons (Fsp3) is 0.308. The molecule has 2 aromatic heterocycles. The third kappa shape index (κ3) is 5.34. The van der Waals surface area contributed by atoms with Crippen LogP contribution in [0.1, 0.15) is 38.1 Å². The van der Waals surface area contributed by atoms with Gasteiger partial charge in [-0.25, -0.2) is 0 Å². The minimum atomic E-state index is -0.485. The highest BCUT2D eigenvalue weighted by molar-refractivity contribution is 7.99. The number of fused-ring (bicyclic) bond motifs is 2. The maximum atomic E-state index is 6.87. The predicted octanol–water partition coefficient (Wildman–Crippen LogP) is 7.90. The molecule has 4 rings (SSSR count). The van der Waals surface area contributed by atoms with Crippen LogP contribution in [0.5, 0.6) is 0 Å². The first-order chi connectivity index (χ1) is 14.9. The van der Waals surface area contributed by atoms with Crippen LogP contribution in [0.3, 0.4) is 0 Å². The number of alkyl halides is 2. The van der Waals surface area contributed by atoms with Gasteiger partial charge in [-0.05, 0) is 62.5 Å². The van der Waals surface area contributed by atoms with Gasteiger partial charge in [0.2, 0.25) is 0 Å². The molecule has 0 aliphatic rings. The third-order valence-corrected chi connectivity index (χ3v) is 7.45. The number of pyridine rings is 2. The molecule has 0 radical (unpaired) electrons. The maximum absolute atomic E-state index is 6.87. The van der Waals surface area contributed by atoms with E-state index >= 15 is 0 Å². The molecule has 0 saturated carbocycles. The first-order valence-corrected chi connectivity index (χ1v) is 12.4. The first kappa shape index (κ1) is 22.4. The molecule has 0 bridgehead atoms. The minimum Gasteiger partial charge on any atom is -0.251 e. The van der Waals surface area contributed by atoms with Crippen LogP contribution < -0.4 is 0 Å². The molecule has 4 aromatic rings. The Labute approximate surface area is 198 Å². The monoisotopic (exact) mass is 468 g/mol. The van der Waals surface area contributed by atoms with E-state index in [1.807, 2.05) is 60.3 Å². The summed E-state index contributed by atoms with van der Waals surface area (Å²) in [6, 6.07) is 24.6. The van der Waals surface area contributed by atoms with Crippen LogP contribution in [0.4, 0.5) is 0 Å². The van der Waals surface area contributed by atoms with E-state index in [-0.39, 0.29) is 0 Å². The number of nitrogens with zero attached hydrogens (tertiary/aromatic N) is 2. The van der Waals surface area contributed by atoms with E-state index < -0.39 is 9.75 Å². The molecule has 31 heavy (non-hydrogen) atoms. The van der Waals surface area contributed by atoms with E-state index in [1.165, 1.54) is 0 Å². The van der Waals surface area contributed by atoms with Gasteiger partial charge >= 0.3 is 0 Å². The van der Waals surface area contributed by atoms with Crippen LogP contribution in [0.15, 0.2) is 72.8 Å². The molecule has 0 N–H and O–H groups in total. The molecule has 5 heteroatoms. The largest absolute Gasteiger partial charge is 0.251 e. The summed E-state index contributed by atoms with van der Waals surface area (Å²) >= 11 is 15.6. The summed E-state index contributed by atoms with van der Waals surface area (Å²) in [6.45, 7) is 4.10. The van der Waals surface area contributed by atoms with Crippen LogP contribution >= 0.6 is 35.0 Å². The van der Waals surface area contributed by atoms with Crippen molar-refractivity contribution in [1.29, 1.82) is 0 Å². The average molecular weight is 469 g/mol. The molecule has 2 atom stereocenters. The van der Waals surface area contributed by atoms with Crippen LogP contribution in [0.25, 0.3) is 21.8 Å². The van der Waals surface area contributed by atoms with E-state index in [1.54, 1.807) is 0 Å². The van der Waals surface area contributed by atoms with E-state index in [0.717, 1.165) is 57.5 Å². The minimum absolute atomic E-state index is 0.485. The standard InChI is InChI=1S/C26H26Cl2N2S/c1-25(27,23-13-11-19-7-3-5-9-21(19)29-23)15-17-31-18-16-26(2,28)24-14-12-20-8-4-6-10-22(20)30-24/h3-14H,15-18H2,1-2H3. The van der Waals surface area contributed by atoms with Gasteiger partial charge in [-0.2, -0.15) is 11.8 Å². The van der Waals surface area contributed by atoms with Crippen molar-refractivity contribution < 1.29 is 0 Å². The number of para-hydroxylation sites is 2. The average Bonchev–Trinajstić information content (AvgIpc) is 2.78. The van der Waals surface area contributed by atoms with Crippen molar-refractivity contribution in [3.05, 3.63) is 84.2 Å². The number of thioether (sulfide) groups is 1. The number of rotatable bonds is 8. The van der Waals surface area contributed by atoms with Crippen molar-refractivity contribution in [2.75, 3.05) is 11.5 Å². The Kier molecular flexibility index (Phi) is 6.76. The Hall–Kier alpha value is -1.81. The van der Waals surface area contributed by atoms with Crippen molar-refractivity contribution in [1.82, 2.24) is 9.97 Å². The summed E-state index contributed by atoms with van der Waals surface area (Å²) in [5.41, 5.74) is 3.83. The predicted molar refractivity (Wildman–Crippen MR) is 136 cm³/mol. The van der Waals surface area contributed by atoms with Crippen LogP contribution in [0, 0.1) is 0 Å². The SMILES string of the molecule is CC(Cl)(CCSCCC(C)(Cl)c1ccc2ccccc2n1)c1ccc2ccccc2n1. The van der Waals surface area contributed by atoms with Gasteiger partial charge in [0.1, 0.15) is 0 Å². The molecule has 2 heterocycles. The summed E-state index contributed by atoms with van der Waals surface area (Å²) in [4.78, 5) is 8.59. The summed E-state index contributed by atoms with van der Waals surface area (Å²) in [6.07, 6.45) is 1.69. The van der Waals surface area contributed by atoms with Gasteiger partial charge in [0.25, 0.3) is 0 Å². The lowest BCUT2D eigenvalue weighted by atomic mass is 10.0. The zero-order valence-electron chi connectivity index (χ0n) is 17.8. The molecule has 0 aliphatic heterocycles. The lowest BCUT2D eigenvalue weighted by Gasteiger charge is -2.23. The molecule has 2 nitrogen and oxygen atoms in total. The van der Waals surface area contributed by atoms with Crippen LogP contribution in [-0.2, 0) is 9.75 Å². The number of hydrogen-bond donors (Lipinski definition) is 0. The summed E-state index contributed by atoms with van der Waals surface area (Å²) < 4.78 is 0. The summed E-state index contributed by atoms with van der Waals surface area (Å²) in [7, 11) is 0. The Morgan fingerprint density at radius 2 is 1.06 bits per heavy atom. The number of benzene rings is 2. The number of halogens is 2. The van der Waals surface area contributed by atoms with Crippen molar-refractivity contribution in [2.24, 2.45) is 0 Å². The van der Waals surface area contributed by atoms with Gasteiger partial charge < -0.3 is 0 Å².